The van der Waals surface area contributed by atoms with E-state index in [-0.39, 0.29) is 0 Å². The van der Waals surface area contributed by atoms with Gasteiger partial charge in [0.25, 0.3) is 0 Å². The van der Waals surface area contributed by atoms with Gasteiger partial charge in [0.05, 0.1) is 16.4 Å². The van der Waals surface area contributed by atoms with Crippen molar-refractivity contribution in [2.24, 2.45) is 0 Å². The molecule has 238 valence electrons. The van der Waals surface area contributed by atoms with E-state index in [1.54, 1.807) is 0 Å². The summed E-state index contributed by atoms with van der Waals surface area (Å²) < 4.78 is 9.10. The largest absolute Gasteiger partial charge is 0.456 e. The van der Waals surface area contributed by atoms with Crippen LogP contribution >= 0.6 is 0 Å². The Balaban J connectivity index is 1.14. The molecule has 11 rings (SSSR count). The molecule has 0 bridgehead atoms. The lowest BCUT2D eigenvalue weighted by Gasteiger charge is -2.33. The Hall–Kier alpha value is -6.64. The van der Waals surface area contributed by atoms with Crippen LogP contribution in [0.3, 0.4) is 0 Å². The molecule has 2 nitrogen and oxygen atoms in total. The number of rotatable bonds is 4. The minimum Gasteiger partial charge on any atom is -0.456 e. The van der Waals surface area contributed by atoms with Crippen molar-refractivity contribution in [2.75, 3.05) is 0 Å². The third-order valence-corrected chi connectivity index (χ3v) is 11.1. The lowest BCUT2D eigenvalue weighted by atomic mass is 9.67. The highest BCUT2D eigenvalue weighted by Gasteiger charge is 2.46. The van der Waals surface area contributed by atoms with E-state index in [9.17, 15) is 0 Å². The monoisotopic (exact) mass is 649 g/mol. The summed E-state index contributed by atoms with van der Waals surface area (Å²) in [6.07, 6.45) is 0. The molecule has 10 aromatic rings. The lowest BCUT2D eigenvalue weighted by molar-refractivity contribution is 0.666. The highest BCUT2D eigenvalue weighted by atomic mass is 16.3. The molecule has 2 heterocycles. The molecule has 0 saturated heterocycles. The summed E-state index contributed by atoms with van der Waals surface area (Å²) in [6.45, 7) is 0. The van der Waals surface area contributed by atoms with Crippen LogP contribution in [-0.2, 0) is 5.41 Å². The summed E-state index contributed by atoms with van der Waals surface area (Å²) in [5.74, 6) is 0. The van der Waals surface area contributed by atoms with Gasteiger partial charge in [-0.15, -0.1) is 0 Å². The minimum absolute atomic E-state index is 0.459. The van der Waals surface area contributed by atoms with Gasteiger partial charge in [0.15, 0.2) is 0 Å². The maximum Gasteiger partial charge on any atom is 0.135 e. The number of benzene rings is 8. The van der Waals surface area contributed by atoms with Gasteiger partial charge in [-0.05, 0) is 93.0 Å². The van der Waals surface area contributed by atoms with Crippen molar-refractivity contribution in [3.63, 3.8) is 0 Å². The fourth-order valence-electron chi connectivity index (χ4n) is 8.90. The number of furan rings is 1. The summed E-state index contributed by atoms with van der Waals surface area (Å²) >= 11 is 0. The number of fused-ring (bicyclic) bond motifs is 9. The number of aromatic nitrogens is 1. The number of hydrogen-bond donors (Lipinski definition) is 0. The molecule has 51 heavy (non-hydrogen) atoms. The SMILES string of the molecule is c1ccc(-n2c3ccccc3c3ccc(-c4ccc5oc6cc7c(cc6c5c4)-c4ccccc4C7(c4ccccc4)c4ccccc4)cc32)cc1. The molecule has 0 N–H and O–H groups in total. The second-order valence-corrected chi connectivity index (χ2v) is 13.7. The van der Waals surface area contributed by atoms with Gasteiger partial charge in [0, 0.05) is 27.2 Å². The Kier molecular flexibility index (Phi) is 5.91. The van der Waals surface area contributed by atoms with Gasteiger partial charge in [-0.2, -0.15) is 0 Å². The van der Waals surface area contributed by atoms with Crippen LogP contribution in [0.15, 0.2) is 192 Å². The molecule has 1 aliphatic rings. The molecule has 1 aliphatic carbocycles. The third-order valence-electron chi connectivity index (χ3n) is 11.1. The van der Waals surface area contributed by atoms with Crippen LogP contribution in [0.4, 0.5) is 0 Å². The van der Waals surface area contributed by atoms with Crippen molar-refractivity contribution >= 4 is 43.7 Å². The van der Waals surface area contributed by atoms with Gasteiger partial charge in [-0.25, -0.2) is 0 Å². The first-order valence-electron chi connectivity index (χ1n) is 17.6. The average Bonchev–Trinajstić information content (AvgIpc) is 3.83. The van der Waals surface area contributed by atoms with E-state index in [1.165, 1.54) is 66.3 Å². The number of para-hydroxylation sites is 2. The van der Waals surface area contributed by atoms with E-state index in [0.717, 1.165) is 27.6 Å². The molecule has 0 unspecified atom stereocenters. The predicted octanol–water partition coefficient (Wildman–Crippen LogP) is 12.7. The highest BCUT2D eigenvalue weighted by Crippen LogP contribution is 2.57. The smallest absolute Gasteiger partial charge is 0.135 e. The second kappa shape index (κ2) is 10.7. The van der Waals surface area contributed by atoms with Crippen molar-refractivity contribution in [1.29, 1.82) is 0 Å². The Bertz CT molecular complexity index is 2910. The number of hydrogen-bond acceptors (Lipinski definition) is 1. The molecule has 2 heteroatoms. The summed E-state index contributed by atoms with van der Waals surface area (Å²) in [5, 5.41) is 4.78. The number of nitrogens with zero attached hydrogens (tertiary/aromatic N) is 1. The minimum atomic E-state index is -0.459. The van der Waals surface area contributed by atoms with E-state index in [2.05, 4.69) is 193 Å². The summed E-state index contributed by atoms with van der Waals surface area (Å²) in [4.78, 5) is 0. The standard InChI is InChI=1S/C49H31NO/c1-4-14-34(15-5-1)49(35-16-6-2-7-17-35)43-22-12-10-20-37(43)40-30-42-41-28-32(25-27-47(41)51-48(42)31-44(40)49)33-24-26-39-38-21-11-13-23-45(38)50(46(39)29-33)36-18-8-3-9-19-36/h1-31H. The molecule has 2 aromatic heterocycles. The van der Waals surface area contributed by atoms with Gasteiger partial charge < -0.3 is 8.98 Å². The van der Waals surface area contributed by atoms with Crippen molar-refractivity contribution in [3.8, 4) is 27.9 Å². The second-order valence-electron chi connectivity index (χ2n) is 13.7. The van der Waals surface area contributed by atoms with Gasteiger partial charge in [-0.1, -0.05) is 140 Å². The van der Waals surface area contributed by atoms with Crippen LogP contribution < -0.4 is 0 Å². The van der Waals surface area contributed by atoms with Crippen LogP contribution in [0.5, 0.6) is 0 Å². The molecule has 0 fully saturated rings. The first kappa shape index (κ1) is 28.2. The van der Waals surface area contributed by atoms with Crippen molar-refractivity contribution < 1.29 is 4.42 Å². The van der Waals surface area contributed by atoms with Crippen LogP contribution in [0.25, 0.3) is 71.7 Å². The Morgan fingerprint density at radius 3 is 1.76 bits per heavy atom. The van der Waals surface area contributed by atoms with E-state index < -0.39 is 5.41 Å². The zero-order valence-corrected chi connectivity index (χ0v) is 27.8. The first-order valence-corrected chi connectivity index (χ1v) is 17.6. The van der Waals surface area contributed by atoms with E-state index in [4.69, 9.17) is 4.42 Å². The fraction of sp³-hybridized carbons (Fsp3) is 0.0204. The molecule has 0 saturated carbocycles. The zero-order chi connectivity index (χ0) is 33.5. The van der Waals surface area contributed by atoms with Crippen LogP contribution in [0, 0.1) is 0 Å². The molecule has 0 spiro atoms. The highest BCUT2D eigenvalue weighted by molar-refractivity contribution is 6.12. The molecule has 0 atom stereocenters. The normalized spacial score (nSPS) is 13.3. The average molecular weight is 650 g/mol. The molecular formula is C49H31NO. The summed E-state index contributed by atoms with van der Waals surface area (Å²) in [6, 6.07) is 68.4. The van der Waals surface area contributed by atoms with Crippen molar-refractivity contribution in [2.45, 2.75) is 5.41 Å². The van der Waals surface area contributed by atoms with Gasteiger partial charge in [-0.3, -0.25) is 0 Å². The molecular weight excluding hydrogens is 619 g/mol. The summed E-state index contributed by atoms with van der Waals surface area (Å²) in [5.41, 5.74) is 14.9. The molecule has 8 aromatic carbocycles. The molecule has 0 radical (unpaired) electrons. The van der Waals surface area contributed by atoms with Crippen molar-refractivity contribution in [1.82, 2.24) is 4.57 Å². The topological polar surface area (TPSA) is 18.1 Å². The third kappa shape index (κ3) is 3.93. The maximum absolute atomic E-state index is 6.72. The molecule has 0 amide bonds. The Morgan fingerprint density at radius 2 is 0.980 bits per heavy atom. The fourth-order valence-corrected chi connectivity index (χ4v) is 8.90. The van der Waals surface area contributed by atoms with Gasteiger partial charge in [0.1, 0.15) is 11.2 Å². The van der Waals surface area contributed by atoms with E-state index in [0.29, 0.717) is 0 Å². The van der Waals surface area contributed by atoms with Crippen LogP contribution in [0.2, 0.25) is 0 Å². The Labute approximate surface area is 295 Å². The quantitative estimate of drug-likeness (QED) is 0.186. The van der Waals surface area contributed by atoms with Gasteiger partial charge >= 0.3 is 0 Å². The van der Waals surface area contributed by atoms with Gasteiger partial charge in [0.2, 0.25) is 0 Å². The predicted molar refractivity (Wildman–Crippen MR) is 211 cm³/mol. The molecule has 0 aliphatic heterocycles. The summed E-state index contributed by atoms with van der Waals surface area (Å²) in [7, 11) is 0. The zero-order valence-electron chi connectivity index (χ0n) is 27.8. The van der Waals surface area contributed by atoms with Crippen LogP contribution in [-0.4, -0.2) is 4.57 Å². The lowest BCUT2D eigenvalue weighted by Crippen LogP contribution is -2.28. The van der Waals surface area contributed by atoms with E-state index >= 15 is 0 Å². The maximum atomic E-state index is 6.72. The van der Waals surface area contributed by atoms with E-state index in [1.807, 2.05) is 0 Å². The Morgan fingerprint density at radius 1 is 0.373 bits per heavy atom. The van der Waals surface area contributed by atoms with Crippen LogP contribution in [0.1, 0.15) is 22.3 Å². The van der Waals surface area contributed by atoms with Crippen molar-refractivity contribution in [3.05, 3.63) is 210 Å². The first-order chi connectivity index (χ1) is 25.3.